The van der Waals surface area contributed by atoms with Crippen molar-refractivity contribution in [2.24, 2.45) is 5.73 Å². The van der Waals surface area contributed by atoms with Crippen molar-refractivity contribution in [2.45, 2.75) is 39.2 Å². The van der Waals surface area contributed by atoms with Gasteiger partial charge in [0.2, 0.25) is 5.91 Å². The molecule has 0 rings (SSSR count). The van der Waals surface area contributed by atoms with Crippen LogP contribution in [-0.2, 0) is 4.79 Å². The van der Waals surface area contributed by atoms with E-state index in [9.17, 15) is 4.79 Å². The van der Waals surface area contributed by atoms with Crippen molar-refractivity contribution >= 4 is 17.7 Å². The zero-order chi connectivity index (χ0) is 10.8. The summed E-state index contributed by atoms with van der Waals surface area (Å²) in [5, 5.41) is 2.97. The smallest absolute Gasteiger partial charge is 0.230 e. The van der Waals surface area contributed by atoms with Gasteiger partial charge in [-0.15, -0.1) is 0 Å². The molecular weight excluding hydrogens is 196 g/mol. The van der Waals surface area contributed by atoms with E-state index in [1.807, 2.05) is 6.92 Å². The number of hydrogen-bond acceptors (Lipinski definition) is 3. The third kappa shape index (κ3) is 8.38. The van der Waals surface area contributed by atoms with Crippen molar-refractivity contribution in [2.75, 3.05) is 18.1 Å². The quantitative estimate of drug-likeness (QED) is 0.605. The zero-order valence-corrected chi connectivity index (χ0v) is 10.0. The lowest BCUT2D eigenvalue weighted by Crippen LogP contribution is -2.33. The first-order chi connectivity index (χ1) is 6.70. The highest BCUT2D eigenvalue weighted by atomic mass is 32.2. The highest BCUT2D eigenvalue weighted by Gasteiger charge is 2.05. The molecule has 3 nitrogen and oxygen atoms in total. The molecule has 1 atom stereocenters. The average molecular weight is 218 g/mol. The van der Waals surface area contributed by atoms with Gasteiger partial charge < -0.3 is 11.1 Å². The van der Waals surface area contributed by atoms with Crippen LogP contribution in [0.1, 0.15) is 33.1 Å². The van der Waals surface area contributed by atoms with Gasteiger partial charge in [-0.2, -0.15) is 11.8 Å². The maximum atomic E-state index is 11.3. The lowest BCUT2D eigenvalue weighted by molar-refractivity contribution is -0.119. The molecule has 0 aromatic rings. The van der Waals surface area contributed by atoms with Crippen molar-refractivity contribution in [3.63, 3.8) is 0 Å². The molecule has 14 heavy (non-hydrogen) atoms. The molecule has 0 aromatic carbocycles. The lowest BCUT2D eigenvalue weighted by Gasteiger charge is -2.12. The minimum atomic E-state index is 0.146. The van der Waals surface area contributed by atoms with Gasteiger partial charge in [0.05, 0.1) is 5.75 Å². The van der Waals surface area contributed by atoms with Crippen molar-refractivity contribution < 1.29 is 4.79 Å². The van der Waals surface area contributed by atoms with E-state index in [4.69, 9.17) is 5.73 Å². The van der Waals surface area contributed by atoms with Crippen LogP contribution in [-0.4, -0.2) is 30.0 Å². The van der Waals surface area contributed by atoms with Crippen molar-refractivity contribution in [1.82, 2.24) is 5.32 Å². The van der Waals surface area contributed by atoms with Crippen LogP contribution in [0.4, 0.5) is 0 Å². The Bertz CT molecular complexity index is 153. The third-order valence-corrected chi connectivity index (χ3v) is 2.90. The maximum absolute atomic E-state index is 11.3. The van der Waals surface area contributed by atoms with Crippen LogP contribution < -0.4 is 11.1 Å². The predicted molar refractivity (Wildman–Crippen MR) is 63.5 cm³/mol. The van der Waals surface area contributed by atoms with Gasteiger partial charge in [-0.25, -0.2) is 0 Å². The van der Waals surface area contributed by atoms with E-state index in [2.05, 4.69) is 12.2 Å². The Morgan fingerprint density at radius 1 is 1.57 bits per heavy atom. The summed E-state index contributed by atoms with van der Waals surface area (Å²) in [5.74, 6) is 1.69. The number of nitrogens with one attached hydrogen (secondary N) is 1. The summed E-state index contributed by atoms with van der Waals surface area (Å²) in [5.41, 5.74) is 5.35. The van der Waals surface area contributed by atoms with Gasteiger partial charge in [-0.1, -0.05) is 13.3 Å². The Morgan fingerprint density at radius 3 is 2.86 bits per heavy atom. The second kappa shape index (κ2) is 9.34. The first kappa shape index (κ1) is 13.8. The Labute approximate surface area is 91.2 Å². The molecule has 0 radical (unpaired) electrons. The number of carbonyl (C=O) groups is 1. The van der Waals surface area contributed by atoms with Gasteiger partial charge in [0.1, 0.15) is 0 Å². The Balaban J connectivity index is 3.35. The van der Waals surface area contributed by atoms with E-state index >= 15 is 0 Å². The summed E-state index contributed by atoms with van der Waals surface area (Å²) >= 11 is 1.65. The lowest BCUT2D eigenvalue weighted by atomic mass is 10.2. The van der Waals surface area contributed by atoms with Crippen LogP contribution in [0.15, 0.2) is 0 Å². The van der Waals surface area contributed by atoms with E-state index < -0.39 is 0 Å². The summed E-state index contributed by atoms with van der Waals surface area (Å²) < 4.78 is 0. The molecule has 0 aromatic heterocycles. The van der Waals surface area contributed by atoms with Gasteiger partial charge in [0, 0.05) is 6.04 Å². The summed E-state index contributed by atoms with van der Waals surface area (Å²) in [7, 11) is 0. The molecule has 3 N–H and O–H groups in total. The van der Waals surface area contributed by atoms with Crippen LogP contribution >= 0.6 is 11.8 Å². The summed E-state index contributed by atoms with van der Waals surface area (Å²) in [6.07, 6.45) is 3.16. The van der Waals surface area contributed by atoms with E-state index in [-0.39, 0.29) is 5.91 Å². The van der Waals surface area contributed by atoms with Crippen LogP contribution in [0.3, 0.4) is 0 Å². The minimum absolute atomic E-state index is 0.146. The van der Waals surface area contributed by atoms with E-state index in [0.29, 0.717) is 18.3 Å². The number of rotatable bonds is 8. The molecular formula is C10H22N2OS. The second-order valence-electron chi connectivity index (χ2n) is 3.45. The molecule has 0 fully saturated rings. The van der Waals surface area contributed by atoms with Crippen LogP contribution in [0.25, 0.3) is 0 Å². The predicted octanol–water partition coefficient (Wildman–Crippen LogP) is 1.37. The number of nitrogens with two attached hydrogens (primary N) is 1. The normalized spacial score (nSPS) is 12.5. The van der Waals surface area contributed by atoms with Crippen LogP contribution in [0, 0.1) is 0 Å². The maximum Gasteiger partial charge on any atom is 0.230 e. The molecule has 0 bridgehead atoms. The summed E-state index contributed by atoms with van der Waals surface area (Å²) in [6, 6.07) is 0.308. The topological polar surface area (TPSA) is 55.1 Å². The second-order valence-corrected chi connectivity index (χ2v) is 4.56. The van der Waals surface area contributed by atoms with Crippen molar-refractivity contribution in [3.05, 3.63) is 0 Å². The molecule has 0 saturated heterocycles. The third-order valence-electron chi connectivity index (χ3n) is 1.86. The van der Waals surface area contributed by atoms with Crippen molar-refractivity contribution in [3.8, 4) is 0 Å². The van der Waals surface area contributed by atoms with E-state index in [0.717, 1.165) is 25.0 Å². The Morgan fingerprint density at radius 2 is 2.29 bits per heavy atom. The van der Waals surface area contributed by atoms with Gasteiger partial charge in [-0.05, 0) is 32.1 Å². The van der Waals surface area contributed by atoms with Gasteiger partial charge in [0.25, 0.3) is 0 Å². The fourth-order valence-electron chi connectivity index (χ4n) is 1.17. The number of hydrogen-bond donors (Lipinski definition) is 2. The number of carbonyl (C=O) groups excluding carboxylic acids is 1. The van der Waals surface area contributed by atoms with Gasteiger partial charge >= 0.3 is 0 Å². The average Bonchev–Trinajstić information content (AvgIpc) is 2.13. The van der Waals surface area contributed by atoms with E-state index in [1.54, 1.807) is 11.8 Å². The highest BCUT2D eigenvalue weighted by molar-refractivity contribution is 7.99. The molecule has 0 saturated carbocycles. The largest absolute Gasteiger partial charge is 0.353 e. The summed E-state index contributed by atoms with van der Waals surface area (Å²) in [4.78, 5) is 11.3. The van der Waals surface area contributed by atoms with Crippen LogP contribution in [0.2, 0.25) is 0 Å². The number of thioether (sulfide) groups is 1. The molecule has 1 amide bonds. The summed E-state index contributed by atoms with van der Waals surface area (Å²) in [6.45, 7) is 4.88. The Kier molecular flexibility index (Phi) is 9.19. The molecule has 0 aliphatic carbocycles. The Hall–Kier alpha value is -0.220. The molecule has 0 heterocycles. The van der Waals surface area contributed by atoms with Gasteiger partial charge in [0.15, 0.2) is 0 Å². The first-order valence-electron chi connectivity index (χ1n) is 5.27. The van der Waals surface area contributed by atoms with Crippen molar-refractivity contribution in [1.29, 1.82) is 0 Å². The molecule has 0 spiro atoms. The SMILES string of the molecule is CCCC(C)NC(=O)CSCCCN. The van der Waals surface area contributed by atoms with Crippen LogP contribution in [0.5, 0.6) is 0 Å². The fourth-order valence-corrected chi connectivity index (χ4v) is 1.96. The molecule has 0 aliphatic rings. The minimum Gasteiger partial charge on any atom is -0.353 e. The molecule has 4 heteroatoms. The highest BCUT2D eigenvalue weighted by Crippen LogP contribution is 2.02. The van der Waals surface area contributed by atoms with E-state index in [1.165, 1.54) is 0 Å². The standard InChI is InChI=1S/C10H22N2OS/c1-3-5-9(2)12-10(13)8-14-7-4-6-11/h9H,3-8,11H2,1-2H3,(H,12,13). The monoisotopic (exact) mass is 218 g/mol. The van der Waals surface area contributed by atoms with Gasteiger partial charge in [-0.3, -0.25) is 4.79 Å². The molecule has 84 valence electrons. The zero-order valence-electron chi connectivity index (χ0n) is 9.21. The molecule has 0 aliphatic heterocycles. The number of amides is 1. The fraction of sp³-hybridized carbons (Fsp3) is 0.900. The first-order valence-corrected chi connectivity index (χ1v) is 6.43. The molecule has 1 unspecified atom stereocenters.